The summed E-state index contributed by atoms with van der Waals surface area (Å²) < 4.78 is 9.36. The molecule has 0 heterocycles. The summed E-state index contributed by atoms with van der Waals surface area (Å²) in [6.07, 6.45) is 2.99. The summed E-state index contributed by atoms with van der Waals surface area (Å²) in [4.78, 5) is 21.5. The summed E-state index contributed by atoms with van der Waals surface area (Å²) in [5.41, 5.74) is 0. The minimum atomic E-state index is -0.340. The molecule has 0 amide bonds. The maximum atomic E-state index is 11.0. The molecular weight excluding hydrogens is 184 g/mol. The molecule has 14 heavy (non-hydrogen) atoms. The summed E-state index contributed by atoms with van der Waals surface area (Å²) in [7, 11) is 1.34. The predicted octanol–water partition coefficient (Wildman–Crippen LogP) is 1.30. The second-order valence-corrected chi connectivity index (χ2v) is 3.01. The Hall–Kier alpha value is -1.32. The normalized spacial score (nSPS) is 14.9. The molecule has 0 aromatic rings. The number of esters is 2. The molecule has 0 saturated heterocycles. The van der Waals surface area contributed by atoms with Crippen molar-refractivity contribution in [2.75, 3.05) is 7.11 Å². The van der Waals surface area contributed by atoms with Crippen molar-refractivity contribution in [3.63, 3.8) is 0 Å². The van der Waals surface area contributed by atoms with Gasteiger partial charge in [0.05, 0.1) is 13.0 Å². The Bertz CT molecular complexity index is 232. The summed E-state index contributed by atoms with van der Waals surface area (Å²) in [5, 5.41) is 0. The molecule has 0 fully saturated rings. The number of methoxy groups -OCH3 is 1. The molecule has 0 aliphatic rings. The smallest absolute Gasteiger partial charge is 0.312 e. The van der Waals surface area contributed by atoms with Crippen LogP contribution in [0.4, 0.5) is 0 Å². The Morgan fingerprint density at radius 1 is 1.21 bits per heavy atom. The molecule has 4 heteroatoms. The van der Waals surface area contributed by atoms with Crippen LogP contribution < -0.4 is 0 Å². The van der Waals surface area contributed by atoms with Gasteiger partial charge in [-0.3, -0.25) is 9.59 Å². The Balaban J connectivity index is 4.02. The van der Waals surface area contributed by atoms with Crippen molar-refractivity contribution in [3.8, 4) is 0 Å². The average Bonchev–Trinajstić information content (AvgIpc) is 2.11. The highest BCUT2D eigenvalue weighted by Crippen LogP contribution is 2.02. The van der Waals surface area contributed by atoms with E-state index in [9.17, 15) is 9.59 Å². The van der Waals surface area contributed by atoms with Gasteiger partial charge in [0.25, 0.3) is 0 Å². The average molecular weight is 200 g/mol. The van der Waals surface area contributed by atoms with E-state index in [0.29, 0.717) is 0 Å². The minimum absolute atomic E-state index is 0.309. The molecule has 80 valence electrons. The van der Waals surface area contributed by atoms with Gasteiger partial charge in [-0.25, -0.2) is 0 Å². The summed E-state index contributed by atoms with van der Waals surface area (Å²) in [5.74, 6) is -0.970. The Morgan fingerprint density at radius 2 is 1.79 bits per heavy atom. The molecule has 2 unspecified atom stereocenters. The molecule has 0 bridgehead atoms. The number of hydrogen-bond acceptors (Lipinski definition) is 4. The molecular formula is C10H16O4. The van der Waals surface area contributed by atoms with Gasteiger partial charge in [-0.1, -0.05) is 6.08 Å². The molecule has 4 nitrogen and oxygen atoms in total. The zero-order chi connectivity index (χ0) is 11.1. The van der Waals surface area contributed by atoms with Gasteiger partial charge >= 0.3 is 11.9 Å². The van der Waals surface area contributed by atoms with Crippen LogP contribution in [0.1, 0.15) is 20.8 Å². The van der Waals surface area contributed by atoms with Crippen LogP contribution in [-0.4, -0.2) is 25.2 Å². The van der Waals surface area contributed by atoms with E-state index in [0.717, 1.165) is 0 Å². The first-order valence-corrected chi connectivity index (χ1v) is 4.40. The lowest BCUT2D eigenvalue weighted by atomic mass is 10.1. The third-order valence-corrected chi connectivity index (χ3v) is 1.60. The first kappa shape index (κ1) is 12.7. The number of hydrogen-bond donors (Lipinski definition) is 0. The van der Waals surface area contributed by atoms with Crippen LogP contribution >= 0.6 is 0 Å². The van der Waals surface area contributed by atoms with Gasteiger partial charge in [-0.05, 0) is 19.9 Å². The van der Waals surface area contributed by atoms with E-state index in [2.05, 4.69) is 4.74 Å². The van der Waals surface area contributed by atoms with Crippen LogP contribution in [0, 0.1) is 5.92 Å². The van der Waals surface area contributed by atoms with Gasteiger partial charge in [0, 0.05) is 6.92 Å². The lowest BCUT2D eigenvalue weighted by Crippen LogP contribution is -2.13. The molecule has 0 aliphatic carbocycles. The largest absolute Gasteiger partial charge is 0.469 e. The second-order valence-electron chi connectivity index (χ2n) is 3.01. The Morgan fingerprint density at radius 3 is 2.21 bits per heavy atom. The van der Waals surface area contributed by atoms with Gasteiger partial charge in [0.2, 0.25) is 0 Å². The van der Waals surface area contributed by atoms with Crippen molar-refractivity contribution in [2.45, 2.75) is 26.9 Å². The zero-order valence-corrected chi connectivity index (χ0v) is 8.94. The molecule has 2 atom stereocenters. The van der Waals surface area contributed by atoms with Crippen molar-refractivity contribution < 1.29 is 19.1 Å². The van der Waals surface area contributed by atoms with Crippen LogP contribution in [0.5, 0.6) is 0 Å². The van der Waals surface area contributed by atoms with Crippen molar-refractivity contribution in [3.05, 3.63) is 12.2 Å². The van der Waals surface area contributed by atoms with Gasteiger partial charge in [0.15, 0.2) is 0 Å². The van der Waals surface area contributed by atoms with E-state index in [1.54, 1.807) is 26.0 Å². The van der Waals surface area contributed by atoms with Crippen molar-refractivity contribution >= 4 is 11.9 Å². The van der Waals surface area contributed by atoms with Crippen LogP contribution in [0.25, 0.3) is 0 Å². The summed E-state index contributed by atoms with van der Waals surface area (Å²) in [6, 6.07) is 0. The van der Waals surface area contributed by atoms with Crippen LogP contribution in [0.15, 0.2) is 12.2 Å². The number of carbonyl (C=O) groups excluding carboxylic acids is 2. The quantitative estimate of drug-likeness (QED) is 0.507. The van der Waals surface area contributed by atoms with Gasteiger partial charge in [-0.2, -0.15) is 0 Å². The van der Waals surface area contributed by atoms with Crippen molar-refractivity contribution in [1.29, 1.82) is 0 Å². The molecule has 0 aliphatic heterocycles. The molecule has 0 spiro atoms. The third-order valence-electron chi connectivity index (χ3n) is 1.60. The monoisotopic (exact) mass is 200 g/mol. The van der Waals surface area contributed by atoms with E-state index in [-0.39, 0.29) is 24.0 Å². The highest BCUT2D eigenvalue weighted by Gasteiger charge is 2.09. The fraction of sp³-hybridized carbons (Fsp3) is 0.600. The van der Waals surface area contributed by atoms with Gasteiger partial charge in [0.1, 0.15) is 6.10 Å². The number of carbonyl (C=O) groups is 2. The zero-order valence-electron chi connectivity index (χ0n) is 8.94. The van der Waals surface area contributed by atoms with E-state index < -0.39 is 0 Å². The fourth-order valence-corrected chi connectivity index (χ4v) is 0.889. The Kier molecular flexibility index (Phi) is 5.60. The summed E-state index contributed by atoms with van der Waals surface area (Å²) >= 11 is 0. The molecule has 0 saturated carbocycles. The molecule has 0 rings (SSSR count). The van der Waals surface area contributed by atoms with E-state index in [1.807, 2.05) is 0 Å². The number of ether oxygens (including phenoxy) is 2. The lowest BCUT2D eigenvalue weighted by Gasteiger charge is -2.07. The van der Waals surface area contributed by atoms with E-state index in [4.69, 9.17) is 4.74 Å². The highest BCUT2D eigenvalue weighted by molar-refractivity contribution is 5.73. The van der Waals surface area contributed by atoms with Gasteiger partial charge in [-0.15, -0.1) is 0 Å². The standard InChI is InChI=1S/C10H16O4/c1-7(10(12)13-4)5-6-8(2)14-9(3)11/h5-8H,1-4H3/b6-5+. The van der Waals surface area contributed by atoms with E-state index in [1.165, 1.54) is 14.0 Å². The summed E-state index contributed by atoms with van der Waals surface area (Å²) in [6.45, 7) is 4.78. The SMILES string of the molecule is COC(=O)C(C)/C=C/C(C)OC(C)=O. The second kappa shape index (κ2) is 6.18. The first-order chi connectivity index (χ1) is 6.47. The van der Waals surface area contributed by atoms with Crippen LogP contribution in [0.3, 0.4) is 0 Å². The fourth-order valence-electron chi connectivity index (χ4n) is 0.889. The van der Waals surface area contributed by atoms with E-state index >= 15 is 0 Å². The van der Waals surface area contributed by atoms with Gasteiger partial charge < -0.3 is 9.47 Å². The lowest BCUT2D eigenvalue weighted by molar-refractivity contribution is -0.143. The van der Waals surface area contributed by atoms with Crippen molar-refractivity contribution in [2.24, 2.45) is 5.92 Å². The van der Waals surface area contributed by atoms with Crippen LogP contribution in [0.2, 0.25) is 0 Å². The third kappa shape index (κ3) is 5.35. The Labute approximate surface area is 83.9 Å². The number of rotatable bonds is 4. The topological polar surface area (TPSA) is 52.6 Å². The predicted molar refractivity (Wildman–Crippen MR) is 51.5 cm³/mol. The molecule has 0 aromatic carbocycles. The molecule has 0 aromatic heterocycles. The first-order valence-electron chi connectivity index (χ1n) is 4.40. The van der Waals surface area contributed by atoms with Crippen molar-refractivity contribution in [1.82, 2.24) is 0 Å². The minimum Gasteiger partial charge on any atom is -0.469 e. The maximum Gasteiger partial charge on any atom is 0.312 e. The highest BCUT2D eigenvalue weighted by atomic mass is 16.5. The molecule has 0 radical (unpaired) electrons. The molecule has 0 N–H and O–H groups in total. The maximum absolute atomic E-state index is 11.0. The van der Waals surface area contributed by atoms with Crippen LogP contribution in [-0.2, 0) is 19.1 Å².